The van der Waals surface area contributed by atoms with Crippen LogP contribution in [0.1, 0.15) is 20.3 Å². The summed E-state index contributed by atoms with van der Waals surface area (Å²) in [7, 11) is 0. The molecule has 0 aliphatic heterocycles. The molecule has 0 aliphatic rings. The highest BCUT2D eigenvalue weighted by molar-refractivity contribution is 5.02. The number of hydrogen-bond acceptors (Lipinski definition) is 1. The van der Waals surface area contributed by atoms with Gasteiger partial charge in [0.05, 0.1) is 6.10 Å². The van der Waals surface area contributed by atoms with Gasteiger partial charge in [0.25, 0.3) is 0 Å². The van der Waals surface area contributed by atoms with Gasteiger partial charge >= 0.3 is 0 Å². The van der Waals surface area contributed by atoms with Crippen LogP contribution in [0.15, 0.2) is 11.6 Å². The first kappa shape index (κ1) is 7.70. The van der Waals surface area contributed by atoms with E-state index < -0.39 is 0 Å². The first-order valence-corrected chi connectivity index (χ1v) is 2.82. The van der Waals surface area contributed by atoms with Gasteiger partial charge in [-0.25, -0.2) is 0 Å². The molecule has 0 fully saturated rings. The number of rotatable bonds is 2. The van der Waals surface area contributed by atoms with Gasteiger partial charge in [0, 0.05) is 0 Å². The Morgan fingerprint density at radius 3 is 2.50 bits per heavy atom. The van der Waals surface area contributed by atoms with E-state index in [4.69, 9.17) is 5.11 Å². The van der Waals surface area contributed by atoms with Crippen LogP contribution in [0, 0.1) is 6.92 Å². The summed E-state index contributed by atoms with van der Waals surface area (Å²) in [5.74, 6) is 0. The Labute approximate surface area is 51.0 Å². The Hall–Kier alpha value is -0.300. The molecule has 0 aromatic carbocycles. The molecule has 0 spiro atoms. The van der Waals surface area contributed by atoms with Gasteiger partial charge in [-0.3, -0.25) is 0 Å². The molecular formula is C7H13O. The zero-order chi connectivity index (χ0) is 6.57. The summed E-state index contributed by atoms with van der Waals surface area (Å²) in [5.41, 5.74) is 1.00. The van der Waals surface area contributed by atoms with Crippen molar-refractivity contribution >= 4 is 0 Å². The van der Waals surface area contributed by atoms with Crippen molar-refractivity contribution in [3.63, 3.8) is 0 Å². The SMILES string of the molecule is [CH2]CC=C(C)C(C)O. The first-order chi connectivity index (χ1) is 3.68. The number of allylic oxidation sites excluding steroid dienone is 1. The second-order valence-corrected chi connectivity index (χ2v) is 1.91. The van der Waals surface area contributed by atoms with Crippen LogP contribution in [0.25, 0.3) is 0 Å². The quantitative estimate of drug-likeness (QED) is 0.538. The zero-order valence-electron chi connectivity index (χ0n) is 5.52. The molecule has 0 aromatic heterocycles. The lowest BCUT2D eigenvalue weighted by molar-refractivity contribution is 0.231. The summed E-state index contributed by atoms with van der Waals surface area (Å²) in [4.78, 5) is 0. The minimum atomic E-state index is -0.309. The Morgan fingerprint density at radius 1 is 1.88 bits per heavy atom. The molecule has 0 rings (SSSR count). The Kier molecular flexibility index (Phi) is 3.53. The fourth-order valence-electron chi connectivity index (χ4n) is 0.398. The normalized spacial score (nSPS) is 16.2. The average molecular weight is 113 g/mol. The van der Waals surface area contributed by atoms with Gasteiger partial charge in [0.15, 0.2) is 0 Å². The number of aliphatic hydroxyl groups is 1. The van der Waals surface area contributed by atoms with Crippen LogP contribution < -0.4 is 0 Å². The summed E-state index contributed by atoms with van der Waals surface area (Å²) in [5, 5.41) is 8.86. The van der Waals surface area contributed by atoms with Crippen molar-refractivity contribution in [2.24, 2.45) is 0 Å². The van der Waals surface area contributed by atoms with Crippen LogP contribution in [0.2, 0.25) is 0 Å². The van der Waals surface area contributed by atoms with Crippen molar-refractivity contribution < 1.29 is 5.11 Å². The van der Waals surface area contributed by atoms with E-state index >= 15 is 0 Å². The summed E-state index contributed by atoms with van der Waals surface area (Å²) in [6.07, 6.45) is 2.37. The van der Waals surface area contributed by atoms with Gasteiger partial charge in [-0.15, -0.1) is 0 Å². The van der Waals surface area contributed by atoms with Crippen LogP contribution in [-0.2, 0) is 0 Å². The zero-order valence-corrected chi connectivity index (χ0v) is 5.52. The van der Waals surface area contributed by atoms with E-state index in [1.54, 1.807) is 6.92 Å². The number of aliphatic hydroxyl groups excluding tert-OH is 1. The lowest BCUT2D eigenvalue weighted by Gasteiger charge is -2.01. The molecule has 1 nitrogen and oxygen atoms in total. The van der Waals surface area contributed by atoms with Crippen LogP contribution in [-0.4, -0.2) is 11.2 Å². The van der Waals surface area contributed by atoms with E-state index in [-0.39, 0.29) is 6.10 Å². The molecule has 0 aromatic rings. The van der Waals surface area contributed by atoms with Gasteiger partial charge < -0.3 is 5.11 Å². The highest BCUT2D eigenvalue weighted by Gasteiger charge is 1.93. The summed E-state index contributed by atoms with van der Waals surface area (Å²) < 4.78 is 0. The molecule has 1 radical (unpaired) electrons. The second-order valence-electron chi connectivity index (χ2n) is 1.91. The van der Waals surface area contributed by atoms with Crippen molar-refractivity contribution in [3.8, 4) is 0 Å². The van der Waals surface area contributed by atoms with Crippen molar-refractivity contribution in [2.75, 3.05) is 0 Å². The molecule has 0 aliphatic carbocycles. The molecule has 0 saturated heterocycles. The Balaban J connectivity index is 3.61. The second kappa shape index (κ2) is 3.67. The smallest absolute Gasteiger partial charge is 0.0719 e. The molecule has 0 amide bonds. The molecule has 1 heteroatoms. The highest BCUT2D eigenvalue weighted by Crippen LogP contribution is 1.99. The maximum Gasteiger partial charge on any atom is 0.0719 e. The standard InChI is InChI=1S/C7H13O/c1-4-5-6(2)7(3)8/h5,7-8H,1,4H2,2-3H3. The maximum absolute atomic E-state index is 8.86. The molecule has 8 heavy (non-hydrogen) atoms. The van der Waals surface area contributed by atoms with Crippen LogP contribution in [0.3, 0.4) is 0 Å². The summed E-state index contributed by atoms with van der Waals surface area (Å²) >= 11 is 0. The van der Waals surface area contributed by atoms with E-state index in [1.807, 2.05) is 13.0 Å². The summed E-state index contributed by atoms with van der Waals surface area (Å²) in [6, 6.07) is 0. The van der Waals surface area contributed by atoms with E-state index in [0.29, 0.717) is 0 Å². The topological polar surface area (TPSA) is 20.2 Å². The van der Waals surface area contributed by atoms with Crippen molar-refractivity contribution in [2.45, 2.75) is 26.4 Å². The average Bonchev–Trinajstić information content (AvgIpc) is 1.67. The van der Waals surface area contributed by atoms with Crippen molar-refractivity contribution in [1.29, 1.82) is 0 Å². The third kappa shape index (κ3) is 2.80. The lowest BCUT2D eigenvalue weighted by atomic mass is 10.2. The van der Waals surface area contributed by atoms with E-state index in [0.717, 1.165) is 12.0 Å². The minimum Gasteiger partial charge on any atom is -0.389 e. The fraction of sp³-hybridized carbons (Fsp3) is 0.571. The fourth-order valence-corrected chi connectivity index (χ4v) is 0.398. The van der Waals surface area contributed by atoms with E-state index in [9.17, 15) is 0 Å². The monoisotopic (exact) mass is 113 g/mol. The number of hydrogen-bond donors (Lipinski definition) is 1. The van der Waals surface area contributed by atoms with Crippen LogP contribution in [0.5, 0.6) is 0 Å². The first-order valence-electron chi connectivity index (χ1n) is 2.82. The van der Waals surface area contributed by atoms with Crippen LogP contribution in [0.4, 0.5) is 0 Å². The molecule has 0 heterocycles. The van der Waals surface area contributed by atoms with Gasteiger partial charge in [-0.05, 0) is 32.8 Å². The van der Waals surface area contributed by atoms with Gasteiger partial charge in [0.2, 0.25) is 0 Å². The third-order valence-electron chi connectivity index (χ3n) is 1.13. The van der Waals surface area contributed by atoms with Gasteiger partial charge in [-0.2, -0.15) is 0 Å². The largest absolute Gasteiger partial charge is 0.389 e. The minimum absolute atomic E-state index is 0.309. The molecular weight excluding hydrogens is 100 g/mol. The predicted octanol–water partition coefficient (Wildman–Crippen LogP) is 1.54. The molecule has 47 valence electrons. The summed E-state index contributed by atoms with van der Waals surface area (Å²) in [6.45, 7) is 7.27. The Bertz CT molecular complexity index is 82.4. The molecule has 1 unspecified atom stereocenters. The Morgan fingerprint density at radius 2 is 2.38 bits per heavy atom. The predicted molar refractivity (Wildman–Crippen MR) is 35.4 cm³/mol. The van der Waals surface area contributed by atoms with Gasteiger partial charge in [-0.1, -0.05) is 6.08 Å². The molecule has 0 saturated carbocycles. The third-order valence-corrected chi connectivity index (χ3v) is 1.13. The molecule has 0 bridgehead atoms. The molecule has 1 atom stereocenters. The van der Waals surface area contributed by atoms with Crippen LogP contribution >= 0.6 is 0 Å². The van der Waals surface area contributed by atoms with Crippen molar-refractivity contribution in [3.05, 3.63) is 18.6 Å². The highest BCUT2D eigenvalue weighted by atomic mass is 16.3. The molecule has 1 N–H and O–H groups in total. The lowest BCUT2D eigenvalue weighted by Crippen LogP contribution is -1.99. The van der Waals surface area contributed by atoms with E-state index in [1.165, 1.54) is 0 Å². The maximum atomic E-state index is 8.86. The van der Waals surface area contributed by atoms with E-state index in [2.05, 4.69) is 6.92 Å². The van der Waals surface area contributed by atoms with Gasteiger partial charge in [0.1, 0.15) is 0 Å². The van der Waals surface area contributed by atoms with Crippen molar-refractivity contribution in [1.82, 2.24) is 0 Å².